The van der Waals surface area contributed by atoms with E-state index in [4.69, 9.17) is 4.74 Å². The van der Waals surface area contributed by atoms with Gasteiger partial charge in [0.2, 0.25) is 10.0 Å². The van der Waals surface area contributed by atoms with Crippen LogP contribution in [0.15, 0.2) is 59.5 Å². The zero-order valence-electron chi connectivity index (χ0n) is 16.6. The van der Waals surface area contributed by atoms with E-state index in [2.05, 4.69) is 0 Å². The zero-order chi connectivity index (χ0) is 20.4. The van der Waals surface area contributed by atoms with Gasteiger partial charge in [-0.15, -0.1) is 0 Å². The normalized spacial score (nSPS) is 23.3. The Morgan fingerprint density at radius 1 is 1.14 bits per heavy atom. The largest absolute Gasteiger partial charge is 0.465 e. The van der Waals surface area contributed by atoms with E-state index in [0.717, 1.165) is 11.1 Å². The summed E-state index contributed by atoms with van der Waals surface area (Å²) in [7, 11) is -3.60. The van der Waals surface area contributed by atoms with Crippen LogP contribution in [0.4, 0.5) is 0 Å². The molecule has 2 unspecified atom stereocenters. The van der Waals surface area contributed by atoms with E-state index in [1.807, 2.05) is 44.2 Å². The minimum absolute atomic E-state index is 0.220. The molecule has 0 amide bonds. The molecule has 150 valence electrons. The molecule has 2 aromatic carbocycles. The second-order valence-corrected chi connectivity index (χ2v) is 9.32. The first-order valence-corrected chi connectivity index (χ1v) is 11.1. The Balaban J connectivity index is 1.93. The van der Waals surface area contributed by atoms with Crippen LogP contribution in [0.3, 0.4) is 0 Å². The molecular weight excluding hydrogens is 374 g/mol. The predicted molar refractivity (Wildman–Crippen MR) is 108 cm³/mol. The van der Waals surface area contributed by atoms with Gasteiger partial charge in [0, 0.05) is 13.1 Å². The third-order valence-electron chi connectivity index (χ3n) is 5.66. The third kappa shape index (κ3) is 3.59. The number of hydrogen-bond acceptors (Lipinski definition) is 4. The third-order valence-corrected chi connectivity index (χ3v) is 7.54. The molecular formula is C22H27NO4S. The Kier molecular flexibility index (Phi) is 5.91. The van der Waals surface area contributed by atoms with Gasteiger partial charge in [0.25, 0.3) is 0 Å². The number of carbonyl (C=O) groups is 1. The lowest BCUT2D eigenvalue weighted by Gasteiger charge is -2.44. The smallest absolute Gasteiger partial charge is 0.316 e. The van der Waals surface area contributed by atoms with Crippen LogP contribution in [0, 0.1) is 12.8 Å². The van der Waals surface area contributed by atoms with Gasteiger partial charge in [0.1, 0.15) is 0 Å². The van der Waals surface area contributed by atoms with Crippen LogP contribution < -0.4 is 0 Å². The maximum absolute atomic E-state index is 13.1. The molecule has 1 fully saturated rings. The lowest BCUT2D eigenvalue weighted by Crippen LogP contribution is -2.55. The standard InChI is InChI=1S/C22H27NO4S/c1-4-27-21(24)22(19-8-6-5-7-9-19)14-15-23(16-18(22)3)28(25,26)20-12-10-17(2)11-13-20/h5-13,18H,4,14-16H2,1-3H3. The number of piperidine rings is 1. The summed E-state index contributed by atoms with van der Waals surface area (Å²) in [5, 5.41) is 0. The molecule has 28 heavy (non-hydrogen) atoms. The van der Waals surface area contributed by atoms with Crippen LogP contribution in [0.5, 0.6) is 0 Å². The Labute approximate surface area is 167 Å². The van der Waals surface area contributed by atoms with Crippen molar-refractivity contribution in [1.29, 1.82) is 0 Å². The molecule has 1 saturated heterocycles. The molecule has 1 aliphatic heterocycles. The Morgan fingerprint density at radius 2 is 1.79 bits per heavy atom. The van der Waals surface area contributed by atoms with Crippen molar-refractivity contribution < 1.29 is 17.9 Å². The number of sulfonamides is 1. The van der Waals surface area contributed by atoms with Gasteiger partial charge in [0.05, 0.1) is 16.9 Å². The summed E-state index contributed by atoms with van der Waals surface area (Å²) >= 11 is 0. The molecule has 0 N–H and O–H groups in total. The number of esters is 1. The summed E-state index contributed by atoms with van der Waals surface area (Å²) in [5.41, 5.74) is 1.06. The number of rotatable bonds is 5. The average Bonchev–Trinajstić information content (AvgIpc) is 2.69. The van der Waals surface area contributed by atoms with Gasteiger partial charge < -0.3 is 4.74 Å². The average molecular weight is 402 g/mol. The van der Waals surface area contributed by atoms with Gasteiger partial charge in [-0.1, -0.05) is 55.0 Å². The predicted octanol–water partition coefficient (Wildman–Crippen LogP) is 3.53. The molecule has 2 aromatic rings. The Hall–Kier alpha value is -2.18. The Bertz CT molecular complexity index is 925. The van der Waals surface area contributed by atoms with Gasteiger partial charge in [0.15, 0.2) is 0 Å². The second-order valence-electron chi connectivity index (χ2n) is 7.39. The van der Waals surface area contributed by atoms with E-state index in [1.165, 1.54) is 4.31 Å². The van der Waals surface area contributed by atoms with Crippen molar-refractivity contribution in [3.8, 4) is 0 Å². The number of hydrogen-bond donors (Lipinski definition) is 0. The van der Waals surface area contributed by atoms with Crippen molar-refractivity contribution in [3.63, 3.8) is 0 Å². The fourth-order valence-corrected chi connectivity index (χ4v) is 5.55. The number of ether oxygens (including phenoxy) is 1. The van der Waals surface area contributed by atoms with Gasteiger partial charge in [-0.25, -0.2) is 8.42 Å². The Morgan fingerprint density at radius 3 is 2.36 bits per heavy atom. The SMILES string of the molecule is CCOC(=O)C1(c2ccccc2)CCN(S(=O)(=O)c2ccc(C)cc2)CC1C. The quantitative estimate of drug-likeness (QED) is 0.719. The number of nitrogens with zero attached hydrogens (tertiary/aromatic N) is 1. The molecule has 0 aliphatic carbocycles. The molecule has 0 saturated carbocycles. The minimum atomic E-state index is -3.60. The summed E-state index contributed by atoms with van der Waals surface area (Å²) < 4.78 is 33.1. The van der Waals surface area contributed by atoms with Gasteiger partial charge in [-0.2, -0.15) is 4.31 Å². The molecule has 5 nitrogen and oxygen atoms in total. The maximum Gasteiger partial charge on any atom is 0.316 e. The van der Waals surface area contributed by atoms with E-state index < -0.39 is 15.4 Å². The van der Waals surface area contributed by atoms with E-state index in [-0.39, 0.29) is 29.9 Å². The highest BCUT2D eigenvalue weighted by Crippen LogP contribution is 2.42. The summed E-state index contributed by atoms with van der Waals surface area (Å²) in [5.74, 6) is -0.496. The minimum Gasteiger partial charge on any atom is -0.465 e. The van der Waals surface area contributed by atoms with Gasteiger partial charge in [-0.05, 0) is 43.9 Å². The van der Waals surface area contributed by atoms with Crippen LogP contribution in [0.1, 0.15) is 31.4 Å². The number of benzene rings is 2. The van der Waals surface area contributed by atoms with Crippen molar-refractivity contribution in [2.75, 3.05) is 19.7 Å². The summed E-state index contributed by atoms with van der Waals surface area (Å²) in [4.78, 5) is 13.3. The highest BCUT2D eigenvalue weighted by atomic mass is 32.2. The molecule has 3 rings (SSSR count). The second kappa shape index (κ2) is 8.05. The summed E-state index contributed by atoms with van der Waals surface area (Å²) in [6, 6.07) is 16.4. The van der Waals surface area contributed by atoms with Crippen molar-refractivity contribution in [1.82, 2.24) is 4.31 Å². The molecule has 6 heteroatoms. The van der Waals surface area contributed by atoms with E-state index in [0.29, 0.717) is 13.0 Å². The fourth-order valence-electron chi connectivity index (χ4n) is 4.02. The van der Waals surface area contributed by atoms with Crippen molar-refractivity contribution in [3.05, 3.63) is 65.7 Å². The molecule has 1 aliphatic rings. The van der Waals surface area contributed by atoms with Crippen LogP contribution in [0.2, 0.25) is 0 Å². The zero-order valence-corrected chi connectivity index (χ0v) is 17.4. The van der Waals surface area contributed by atoms with Crippen LogP contribution >= 0.6 is 0 Å². The lowest BCUT2D eigenvalue weighted by molar-refractivity contribution is -0.154. The highest BCUT2D eigenvalue weighted by Gasteiger charge is 2.51. The fraction of sp³-hybridized carbons (Fsp3) is 0.409. The van der Waals surface area contributed by atoms with Crippen LogP contribution in [-0.4, -0.2) is 38.4 Å². The van der Waals surface area contributed by atoms with Crippen LogP contribution in [-0.2, 0) is 25.0 Å². The first-order valence-electron chi connectivity index (χ1n) is 9.62. The molecule has 0 bridgehead atoms. The van der Waals surface area contributed by atoms with Crippen LogP contribution in [0.25, 0.3) is 0 Å². The molecule has 0 aromatic heterocycles. The molecule has 2 atom stereocenters. The van der Waals surface area contributed by atoms with Crippen molar-refractivity contribution >= 4 is 16.0 Å². The first kappa shape index (κ1) is 20.6. The highest BCUT2D eigenvalue weighted by molar-refractivity contribution is 7.89. The van der Waals surface area contributed by atoms with Crippen molar-refractivity contribution in [2.45, 2.75) is 37.5 Å². The topological polar surface area (TPSA) is 63.7 Å². The van der Waals surface area contributed by atoms with Gasteiger partial charge in [-0.3, -0.25) is 4.79 Å². The molecule has 0 radical (unpaired) electrons. The molecule has 0 spiro atoms. The van der Waals surface area contributed by atoms with E-state index >= 15 is 0 Å². The van der Waals surface area contributed by atoms with E-state index in [1.54, 1.807) is 31.2 Å². The van der Waals surface area contributed by atoms with Gasteiger partial charge >= 0.3 is 5.97 Å². The first-order chi connectivity index (χ1) is 13.3. The summed E-state index contributed by atoms with van der Waals surface area (Å²) in [6.07, 6.45) is 0.391. The monoisotopic (exact) mass is 401 g/mol. The van der Waals surface area contributed by atoms with Crippen molar-refractivity contribution in [2.24, 2.45) is 5.92 Å². The summed E-state index contributed by atoms with van der Waals surface area (Å²) in [6.45, 7) is 6.48. The number of aryl methyl sites for hydroxylation is 1. The lowest BCUT2D eigenvalue weighted by atomic mass is 9.67. The van der Waals surface area contributed by atoms with E-state index in [9.17, 15) is 13.2 Å². The number of carbonyl (C=O) groups excluding carboxylic acids is 1. The maximum atomic E-state index is 13.1. The molecule has 1 heterocycles.